The number of primary amides is 1. The molecule has 2 aromatic rings. The summed E-state index contributed by atoms with van der Waals surface area (Å²) in [5.74, 6) is 1.83. The van der Waals surface area contributed by atoms with Gasteiger partial charge in [-0.1, -0.05) is 6.07 Å². The van der Waals surface area contributed by atoms with Gasteiger partial charge in [-0.25, -0.2) is 9.78 Å². The van der Waals surface area contributed by atoms with Crippen LogP contribution in [0.3, 0.4) is 0 Å². The fraction of sp³-hybridized carbons (Fsp3) is 0.579. The van der Waals surface area contributed by atoms with Crippen LogP contribution in [0.2, 0.25) is 0 Å². The molecule has 2 saturated heterocycles. The molecule has 2 fully saturated rings. The van der Waals surface area contributed by atoms with E-state index in [1.165, 1.54) is 25.9 Å². The lowest BCUT2D eigenvalue weighted by Gasteiger charge is -2.40. The van der Waals surface area contributed by atoms with Gasteiger partial charge < -0.3 is 25.3 Å². The number of nitrogens with one attached hydrogen (secondary N) is 1. The molecule has 2 aliphatic heterocycles. The number of aromatic nitrogens is 2. The Balaban J connectivity index is 1.43. The number of amides is 1. The van der Waals surface area contributed by atoms with Crippen LogP contribution >= 0.6 is 0 Å². The summed E-state index contributed by atoms with van der Waals surface area (Å²) in [7, 11) is 2.21. The second kappa shape index (κ2) is 7.25. The van der Waals surface area contributed by atoms with Gasteiger partial charge in [0, 0.05) is 12.0 Å². The third kappa shape index (κ3) is 3.54. The molecule has 26 heavy (non-hydrogen) atoms. The lowest BCUT2D eigenvalue weighted by atomic mass is 9.93. The number of aromatic amines is 1. The number of nitrogens with zero attached hydrogens (tertiary/aromatic N) is 3. The summed E-state index contributed by atoms with van der Waals surface area (Å²) in [6, 6.07) is 6.25. The first-order valence-corrected chi connectivity index (χ1v) is 9.48. The van der Waals surface area contributed by atoms with E-state index < -0.39 is 6.09 Å². The minimum Gasteiger partial charge on any atom is -0.408 e. The highest BCUT2D eigenvalue weighted by molar-refractivity contribution is 5.84. The van der Waals surface area contributed by atoms with Gasteiger partial charge in [0.25, 0.3) is 0 Å². The van der Waals surface area contributed by atoms with E-state index in [-0.39, 0.29) is 0 Å². The maximum Gasteiger partial charge on any atom is 0.410 e. The van der Waals surface area contributed by atoms with Crippen LogP contribution in [0.15, 0.2) is 18.2 Å². The van der Waals surface area contributed by atoms with Crippen LogP contribution < -0.4 is 10.5 Å². The van der Waals surface area contributed by atoms with E-state index in [0.717, 1.165) is 43.3 Å². The number of hydrogen-bond acceptors (Lipinski definition) is 5. The van der Waals surface area contributed by atoms with E-state index in [2.05, 4.69) is 21.8 Å². The molecule has 0 radical (unpaired) electrons. The summed E-state index contributed by atoms with van der Waals surface area (Å²) < 4.78 is 5.08. The lowest BCUT2D eigenvalue weighted by molar-refractivity contribution is 0.0958. The van der Waals surface area contributed by atoms with Crippen molar-refractivity contribution in [3.05, 3.63) is 24.0 Å². The highest BCUT2D eigenvalue weighted by atomic mass is 16.5. The number of para-hydroxylation sites is 1. The fourth-order valence-electron chi connectivity index (χ4n) is 4.31. The van der Waals surface area contributed by atoms with Crippen molar-refractivity contribution in [3.63, 3.8) is 0 Å². The van der Waals surface area contributed by atoms with E-state index in [4.69, 9.17) is 15.5 Å². The first-order valence-electron chi connectivity index (χ1n) is 9.48. The summed E-state index contributed by atoms with van der Waals surface area (Å²) in [5, 5.41) is 0. The minimum absolute atomic E-state index is 0.418. The maximum absolute atomic E-state index is 11.1. The van der Waals surface area contributed by atoms with Crippen LogP contribution in [0.25, 0.3) is 11.0 Å². The zero-order chi connectivity index (χ0) is 18.1. The van der Waals surface area contributed by atoms with Gasteiger partial charge in [-0.2, -0.15) is 0 Å². The lowest BCUT2D eigenvalue weighted by Crippen LogP contribution is -2.46. The minimum atomic E-state index is -0.812. The van der Waals surface area contributed by atoms with Crippen LogP contribution in [0.5, 0.6) is 5.75 Å². The Morgan fingerprint density at radius 1 is 1.19 bits per heavy atom. The standard InChI is InChI=1S/C19H27N5O2/c1-23-9-7-14(8-10-23)24-11-5-13(6-12-24)18-21-15-3-2-4-16(17(15)22-18)26-19(20)25/h2-4,13-14H,5-12H2,1H3,(H2,20,25)(H,21,22). The van der Waals surface area contributed by atoms with Crippen molar-refractivity contribution in [3.8, 4) is 5.75 Å². The van der Waals surface area contributed by atoms with Gasteiger partial charge in [0.2, 0.25) is 0 Å². The van der Waals surface area contributed by atoms with Crippen molar-refractivity contribution in [2.45, 2.75) is 37.6 Å². The number of fused-ring (bicyclic) bond motifs is 1. The Kier molecular flexibility index (Phi) is 4.82. The van der Waals surface area contributed by atoms with Gasteiger partial charge in [-0.15, -0.1) is 0 Å². The Morgan fingerprint density at radius 2 is 1.92 bits per heavy atom. The second-order valence-corrected chi connectivity index (χ2v) is 7.54. The molecule has 1 amide bonds. The Labute approximate surface area is 153 Å². The SMILES string of the molecule is CN1CCC(N2CCC(c3nc4c(OC(N)=O)cccc4[nH]3)CC2)CC1. The zero-order valence-electron chi connectivity index (χ0n) is 15.3. The van der Waals surface area contributed by atoms with Crippen LogP contribution in [0.1, 0.15) is 37.4 Å². The Bertz CT molecular complexity index is 773. The number of hydrogen-bond donors (Lipinski definition) is 2. The summed E-state index contributed by atoms with van der Waals surface area (Å²) in [5.41, 5.74) is 6.72. The van der Waals surface area contributed by atoms with Crippen molar-refractivity contribution in [1.82, 2.24) is 19.8 Å². The summed E-state index contributed by atoms with van der Waals surface area (Å²) >= 11 is 0. The fourth-order valence-corrected chi connectivity index (χ4v) is 4.31. The zero-order valence-corrected chi connectivity index (χ0v) is 15.3. The molecule has 2 aliphatic rings. The number of benzene rings is 1. The molecule has 3 heterocycles. The van der Waals surface area contributed by atoms with E-state index >= 15 is 0 Å². The molecule has 140 valence electrons. The third-order valence-corrected chi connectivity index (χ3v) is 5.83. The van der Waals surface area contributed by atoms with E-state index in [0.29, 0.717) is 17.2 Å². The third-order valence-electron chi connectivity index (χ3n) is 5.83. The molecule has 1 aromatic heterocycles. The molecule has 0 atom stereocenters. The highest BCUT2D eigenvalue weighted by Gasteiger charge is 2.29. The quantitative estimate of drug-likeness (QED) is 0.880. The topological polar surface area (TPSA) is 87.5 Å². The number of piperidine rings is 2. The number of carbonyl (C=O) groups excluding carboxylic acids is 1. The molecule has 7 nitrogen and oxygen atoms in total. The molecule has 4 rings (SSSR count). The molecular formula is C19H27N5O2. The molecule has 1 aromatic carbocycles. The smallest absolute Gasteiger partial charge is 0.408 e. The van der Waals surface area contributed by atoms with Gasteiger partial charge in [0.05, 0.1) is 5.52 Å². The monoisotopic (exact) mass is 357 g/mol. The van der Waals surface area contributed by atoms with Gasteiger partial charge in [-0.05, 0) is 71.0 Å². The number of nitrogens with two attached hydrogens (primary N) is 1. The van der Waals surface area contributed by atoms with E-state index in [1.54, 1.807) is 6.07 Å². The second-order valence-electron chi connectivity index (χ2n) is 7.54. The molecular weight excluding hydrogens is 330 g/mol. The largest absolute Gasteiger partial charge is 0.410 e. The molecule has 0 aliphatic carbocycles. The number of imidazole rings is 1. The molecule has 0 bridgehead atoms. The first-order chi connectivity index (χ1) is 12.6. The maximum atomic E-state index is 11.1. The van der Waals surface area contributed by atoms with E-state index in [1.807, 2.05) is 12.1 Å². The predicted molar refractivity (Wildman–Crippen MR) is 100 cm³/mol. The Hall–Kier alpha value is -2.12. The van der Waals surface area contributed by atoms with Gasteiger partial charge >= 0.3 is 6.09 Å². The van der Waals surface area contributed by atoms with Gasteiger partial charge in [0.15, 0.2) is 5.75 Å². The number of H-pyrrole nitrogens is 1. The average molecular weight is 357 g/mol. The van der Waals surface area contributed by atoms with Crippen LogP contribution in [-0.2, 0) is 0 Å². The van der Waals surface area contributed by atoms with Crippen molar-refractivity contribution < 1.29 is 9.53 Å². The number of rotatable bonds is 3. The summed E-state index contributed by atoms with van der Waals surface area (Å²) in [4.78, 5) is 24.3. The highest BCUT2D eigenvalue weighted by Crippen LogP contribution is 2.32. The molecule has 0 saturated carbocycles. The molecule has 3 N–H and O–H groups in total. The number of ether oxygens (including phenoxy) is 1. The van der Waals surface area contributed by atoms with Crippen LogP contribution in [0, 0.1) is 0 Å². The van der Waals surface area contributed by atoms with Crippen LogP contribution in [-0.4, -0.2) is 65.1 Å². The molecule has 0 unspecified atom stereocenters. The Morgan fingerprint density at radius 3 is 2.62 bits per heavy atom. The normalized spacial score (nSPS) is 21.3. The van der Waals surface area contributed by atoms with Gasteiger partial charge in [-0.3, -0.25) is 0 Å². The summed E-state index contributed by atoms with van der Waals surface area (Å²) in [6.07, 6.45) is 3.96. The average Bonchev–Trinajstić information content (AvgIpc) is 3.07. The summed E-state index contributed by atoms with van der Waals surface area (Å²) in [6.45, 7) is 4.66. The van der Waals surface area contributed by atoms with Gasteiger partial charge in [0.1, 0.15) is 11.3 Å². The number of carbonyl (C=O) groups is 1. The molecule has 7 heteroatoms. The van der Waals surface area contributed by atoms with Crippen molar-refractivity contribution in [1.29, 1.82) is 0 Å². The van der Waals surface area contributed by atoms with Crippen molar-refractivity contribution in [2.24, 2.45) is 5.73 Å². The van der Waals surface area contributed by atoms with Crippen molar-refractivity contribution in [2.75, 3.05) is 33.2 Å². The molecule has 0 spiro atoms. The first kappa shape index (κ1) is 17.3. The predicted octanol–water partition coefficient (Wildman–Crippen LogP) is 2.29. The van der Waals surface area contributed by atoms with E-state index in [9.17, 15) is 4.79 Å². The van der Waals surface area contributed by atoms with Crippen LogP contribution in [0.4, 0.5) is 4.79 Å². The van der Waals surface area contributed by atoms with Crippen molar-refractivity contribution >= 4 is 17.1 Å². The number of likely N-dealkylation sites (tertiary alicyclic amines) is 2.